The second-order valence-corrected chi connectivity index (χ2v) is 6.81. The summed E-state index contributed by atoms with van der Waals surface area (Å²) in [5, 5.41) is 11.1. The molecule has 1 aromatic heterocycles. The molecule has 9 heteroatoms. The Bertz CT molecular complexity index is 1000. The normalized spacial score (nSPS) is 10.6. The van der Waals surface area contributed by atoms with Crippen LogP contribution in [0.3, 0.4) is 0 Å². The van der Waals surface area contributed by atoms with Gasteiger partial charge in [0.25, 0.3) is 0 Å². The second-order valence-electron chi connectivity index (χ2n) is 5.87. The lowest BCUT2D eigenvalue weighted by molar-refractivity contribution is -0.113. The van der Waals surface area contributed by atoms with Crippen LogP contribution in [0.1, 0.15) is 0 Å². The molecule has 0 aliphatic rings. The molecule has 0 radical (unpaired) electrons. The lowest BCUT2D eigenvalue weighted by Gasteiger charge is -2.09. The van der Waals surface area contributed by atoms with Crippen molar-refractivity contribution >= 4 is 23.4 Å². The topological polar surface area (TPSA) is 69.0 Å². The number of benzene rings is 2. The molecule has 0 aliphatic carbocycles. The molecule has 0 saturated carbocycles. The lowest BCUT2D eigenvalue weighted by Crippen LogP contribution is -2.16. The highest BCUT2D eigenvalue weighted by Gasteiger charge is 2.17. The predicted molar refractivity (Wildman–Crippen MR) is 108 cm³/mol. The number of anilines is 1. The molecule has 0 fully saturated rings. The minimum absolute atomic E-state index is 0.0916. The number of carbonyl (C=O) groups excluding carboxylic acids is 1. The standard InChI is InChI=1S/C20H18F2N4O2S/c1-3-11-26-19(13-7-9-14(28-2)10-8-13)24-25-20(26)29-12-17(27)23-18-15(21)5-4-6-16(18)22/h3-10H,1,11-12H2,2H3,(H,23,27). The molecule has 0 aliphatic heterocycles. The molecule has 0 saturated heterocycles. The van der Waals surface area contributed by atoms with Crippen molar-refractivity contribution in [2.75, 3.05) is 18.2 Å². The number of para-hydroxylation sites is 1. The third-order valence-corrected chi connectivity index (χ3v) is 4.90. The molecule has 2 aromatic carbocycles. The number of ether oxygens (including phenoxy) is 1. The maximum atomic E-state index is 13.7. The van der Waals surface area contributed by atoms with Crippen LogP contribution in [0.15, 0.2) is 60.3 Å². The Morgan fingerprint density at radius 2 is 1.90 bits per heavy atom. The number of amides is 1. The maximum absolute atomic E-state index is 13.7. The van der Waals surface area contributed by atoms with Crippen LogP contribution in [0.25, 0.3) is 11.4 Å². The molecule has 0 spiro atoms. The van der Waals surface area contributed by atoms with E-state index in [1.807, 2.05) is 24.3 Å². The summed E-state index contributed by atoms with van der Waals surface area (Å²) >= 11 is 1.11. The smallest absolute Gasteiger partial charge is 0.235 e. The Morgan fingerprint density at radius 3 is 2.52 bits per heavy atom. The number of hydrogen-bond acceptors (Lipinski definition) is 5. The summed E-state index contributed by atoms with van der Waals surface area (Å²) in [7, 11) is 1.59. The second kappa shape index (κ2) is 9.33. The summed E-state index contributed by atoms with van der Waals surface area (Å²) in [6, 6.07) is 10.7. The van der Waals surface area contributed by atoms with E-state index in [9.17, 15) is 13.6 Å². The van der Waals surface area contributed by atoms with E-state index in [4.69, 9.17) is 4.74 Å². The molecular weight excluding hydrogens is 398 g/mol. The molecule has 0 bridgehead atoms. The zero-order chi connectivity index (χ0) is 20.8. The number of methoxy groups -OCH3 is 1. The van der Waals surface area contributed by atoms with Gasteiger partial charge in [-0.25, -0.2) is 8.78 Å². The Labute approximate surface area is 170 Å². The van der Waals surface area contributed by atoms with E-state index in [2.05, 4.69) is 22.1 Å². The van der Waals surface area contributed by atoms with Crippen molar-refractivity contribution in [2.45, 2.75) is 11.7 Å². The van der Waals surface area contributed by atoms with E-state index in [1.54, 1.807) is 17.8 Å². The van der Waals surface area contributed by atoms with E-state index in [-0.39, 0.29) is 5.75 Å². The van der Waals surface area contributed by atoms with Crippen molar-refractivity contribution in [1.29, 1.82) is 0 Å². The summed E-state index contributed by atoms with van der Waals surface area (Å²) in [4.78, 5) is 12.1. The van der Waals surface area contributed by atoms with Crippen molar-refractivity contribution in [2.24, 2.45) is 0 Å². The maximum Gasteiger partial charge on any atom is 0.235 e. The highest BCUT2D eigenvalue weighted by Crippen LogP contribution is 2.26. The van der Waals surface area contributed by atoms with Crippen LogP contribution in [0, 0.1) is 11.6 Å². The minimum atomic E-state index is -0.833. The number of carbonyl (C=O) groups is 1. The molecule has 29 heavy (non-hydrogen) atoms. The van der Waals surface area contributed by atoms with Crippen molar-refractivity contribution in [3.05, 3.63) is 66.8 Å². The van der Waals surface area contributed by atoms with Crippen LogP contribution in [0.5, 0.6) is 5.75 Å². The summed E-state index contributed by atoms with van der Waals surface area (Å²) in [5.74, 6) is -0.991. The van der Waals surface area contributed by atoms with Crippen LogP contribution < -0.4 is 10.1 Å². The summed E-state index contributed by atoms with van der Waals surface area (Å²) in [6.45, 7) is 4.17. The summed E-state index contributed by atoms with van der Waals surface area (Å²) in [6.07, 6.45) is 1.69. The molecule has 0 atom stereocenters. The number of allylic oxidation sites excluding steroid dienone is 1. The van der Waals surface area contributed by atoms with Gasteiger partial charge >= 0.3 is 0 Å². The Kier molecular flexibility index (Phi) is 6.61. The van der Waals surface area contributed by atoms with Gasteiger partial charge in [-0.2, -0.15) is 0 Å². The molecule has 1 amide bonds. The zero-order valence-electron chi connectivity index (χ0n) is 15.6. The van der Waals surface area contributed by atoms with Gasteiger partial charge in [0.15, 0.2) is 11.0 Å². The highest BCUT2D eigenvalue weighted by atomic mass is 32.2. The number of rotatable bonds is 8. The first-order valence-electron chi connectivity index (χ1n) is 8.58. The first-order chi connectivity index (χ1) is 14.0. The minimum Gasteiger partial charge on any atom is -0.497 e. The number of halogens is 2. The van der Waals surface area contributed by atoms with Gasteiger partial charge in [0, 0.05) is 12.1 Å². The SMILES string of the molecule is C=CCn1c(SCC(=O)Nc2c(F)cccc2F)nnc1-c1ccc(OC)cc1. The van der Waals surface area contributed by atoms with E-state index in [1.165, 1.54) is 6.07 Å². The summed E-state index contributed by atoms with van der Waals surface area (Å²) < 4.78 is 34.3. The van der Waals surface area contributed by atoms with Gasteiger partial charge in [-0.05, 0) is 36.4 Å². The average molecular weight is 416 g/mol. The molecule has 0 unspecified atom stereocenters. The van der Waals surface area contributed by atoms with Gasteiger partial charge in [0.1, 0.15) is 23.1 Å². The number of nitrogens with zero attached hydrogens (tertiary/aromatic N) is 3. The monoisotopic (exact) mass is 416 g/mol. The van der Waals surface area contributed by atoms with Gasteiger partial charge in [-0.15, -0.1) is 16.8 Å². The van der Waals surface area contributed by atoms with Gasteiger partial charge in [-0.3, -0.25) is 9.36 Å². The van der Waals surface area contributed by atoms with Gasteiger partial charge in [0.05, 0.1) is 12.9 Å². The average Bonchev–Trinajstić information content (AvgIpc) is 3.12. The molecule has 3 rings (SSSR count). The molecule has 6 nitrogen and oxygen atoms in total. The van der Waals surface area contributed by atoms with Gasteiger partial charge < -0.3 is 10.1 Å². The van der Waals surface area contributed by atoms with Crippen LogP contribution >= 0.6 is 11.8 Å². The number of aromatic nitrogens is 3. The first-order valence-corrected chi connectivity index (χ1v) is 9.57. The number of hydrogen-bond donors (Lipinski definition) is 1. The third kappa shape index (κ3) is 4.80. The predicted octanol–water partition coefficient (Wildman–Crippen LogP) is 4.15. The molecule has 1 heterocycles. The number of nitrogens with one attached hydrogen (secondary N) is 1. The van der Waals surface area contributed by atoms with Crippen molar-refractivity contribution in [3.8, 4) is 17.1 Å². The third-order valence-electron chi connectivity index (χ3n) is 3.94. The van der Waals surface area contributed by atoms with Crippen LogP contribution in [-0.2, 0) is 11.3 Å². The van der Waals surface area contributed by atoms with E-state index < -0.39 is 23.2 Å². The van der Waals surface area contributed by atoms with Gasteiger partial charge in [0.2, 0.25) is 5.91 Å². The van der Waals surface area contributed by atoms with Crippen LogP contribution in [0.4, 0.5) is 14.5 Å². The molecular formula is C20H18F2N4O2S. The van der Waals surface area contributed by atoms with Crippen LogP contribution in [-0.4, -0.2) is 33.5 Å². The van der Waals surface area contributed by atoms with E-state index in [0.717, 1.165) is 35.2 Å². The fourth-order valence-electron chi connectivity index (χ4n) is 2.57. The number of thioether (sulfide) groups is 1. The van der Waals surface area contributed by atoms with E-state index >= 15 is 0 Å². The summed E-state index contributed by atoms with van der Waals surface area (Å²) in [5.41, 5.74) is 0.356. The zero-order valence-corrected chi connectivity index (χ0v) is 16.4. The Balaban J connectivity index is 1.74. The molecule has 3 aromatic rings. The quantitative estimate of drug-likeness (QED) is 0.441. The van der Waals surface area contributed by atoms with Crippen molar-refractivity contribution in [3.63, 3.8) is 0 Å². The lowest BCUT2D eigenvalue weighted by atomic mass is 10.2. The molecule has 150 valence electrons. The van der Waals surface area contributed by atoms with Gasteiger partial charge in [-0.1, -0.05) is 23.9 Å². The highest BCUT2D eigenvalue weighted by molar-refractivity contribution is 7.99. The van der Waals surface area contributed by atoms with E-state index in [0.29, 0.717) is 17.5 Å². The molecule has 1 N–H and O–H groups in total. The largest absolute Gasteiger partial charge is 0.497 e. The first kappa shape index (κ1) is 20.5. The fraction of sp³-hybridized carbons (Fsp3) is 0.150. The van der Waals surface area contributed by atoms with Crippen molar-refractivity contribution in [1.82, 2.24) is 14.8 Å². The Hall–Kier alpha value is -3.20. The van der Waals surface area contributed by atoms with Crippen molar-refractivity contribution < 1.29 is 18.3 Å². The van der Waals surface area contributed by atoms with Crippen LogP contribution in [0.2, 0.25) is 0 Å². The Morgan fingerprint density at radius 1 is 1.21 bits per heavy atom. The fourth-order valence-corrected chi connectivity index (χ4v) is 3.31.